The van der Waals surface area contributed by atoms with Crippen molar-refractivity contribution in [2.75, 3.05) is 0 Å². The van der Waals surface area contributed by atoms with Crippen LogP contribution in [0.4, 0.5) is 0 Å². The Morgan fingerprint density at radius 3 is 2.18 bits per heavy atom. The van der Waals surface area contributed by atoms with Gasteiger partial charge >= 0.3 is 0 Å². The highest BCUT2D eigenvalue weighted by Crippen LogP contribution is 2.43. The van der Waals surface area contributed by atoms with Gasteiger partial charge in [0.25, 0.3) is 0 Å². The summed E-state index contributed by atoms with van der Waals surface area (Å²) in [5.74, 6) is 0. The average Bonchev–Trinajstić information content (AvgIpc) is 3.35. The minimum atomic E-state index is -0.0468. The molecular weight excluding hydrogens is 414 g/mol. The lowest BCUT2D eigenvalue weighted by Crippen LogP contribution is -2.21. The summed E-state index contributed by atoms with van der Waals surface area (Å²) in [6, 6.07) is 30.9. The number of nitrogens with zero attached hydrogens (tertiary/aromatic N) is 3. The van der Waals surface area contributed by atoms with E-state index in [-0.39, 0.29) is 5.54 Å². The summed E-state index contributed by atoms with van der Waals surface area (Å²) >= 11 is 0. The zero-order valence-corrected chi connectivity index (χ0v) is 19.6. The standard InChI is InChI=1S/C31H25N3/c1-31(2,3)34-26-13-7-6-12-24(26)29-27(34)15-14-23-25-17-20-9-4-5-10-21(20)18-28(25)33(30(23)29)22-11-8-16-32-19-22/h4-19H,1-3H3. The molecule has 0 radical (unpaired) electrons. The van der Waals surface area contributed by atoms with Crippen LogP contribution in [-0.4, -0.2) is 14.1 Å². The Balaban J connectivity index is 1.80. The first-order valence-electron chi connectivity index (χ1n) is 11.8. The van der Waals surface area contributed by atoms with E-state index in [0.29, 0.717) is 0 Å². The quantitative estimate of drug-likeness (QED) is 0.253. The van der Waals surface area contributed by atoms with Gasteiger partial charge in [-0.2, -0.15) is 0 Å². The Morgan fingerprint density at radius 1 is 0.647 bits per heavy atom. The van der Waals surface area contributed by atoms with E-state index in [0.717, 1.165) is 5.69 Å². The molecule has 3 aromatic heterocycles. The summed E-state index contributed by atoms with van der Waals surface area (Å²) in [4.78, 5) is 4.48. The van der Waals surface area contributed by atoms with Crippen LogP contribution in [-0.2, 0) is 5.54 Å². The zero-order chi connectivity index (χ0) is 23.0. The van der Waals surface area contributed by atoms with E-state index < -0.39 is 0 Å². The van der Waals surface area contributed by atoms with Crippen LogP contribution in [0.1, 0.15) is 20.8 Å². The Bertz CT molecular complexity index is 1880. The number of hydrogen-bond donors (Lipinski definition) is 0. The molecule has 3 heterocycles. The van der Waals surface area contributed by atoms with E-state index >= 15 is 0 Å². The zero-order valence-electron chi connectivity index (χ0n) is 19.6. The van der Waals surface area contributed by atoms with Gasteiger partial charge in [-0.05, 0) is 67.9 Å². The number of benzene rings is 4. The largest absolute Gasteiger partial charge is 0.335 e. The topological polar surface area (TPSA) is 22.8 Å². The molecule has 4 aromatic carbocycles. The highest BCUT2D eigenvalue weighted by atomic mass is 15.1. The summed E-state index contributed by atoms with van der Waals surface area (Å²) in [5, 5.41) is 7.64. The summed E-state index contributed by atoms with van der Waals surface area (Å²) in [7, 11) is 0. The Kier molecular flexibility index (Phi) is 3.82. The van der Waals surface area contributed by atoms with E-state index in [4.69, 9.17) is 0 Å². The highest BCUT2D eigenvalue weighted by Gasteiger charge is 2.24. The van der Waals surface area contributed by atoms with Crippen LogP contribution in [0.2, 0.25) is 0 Å². The van der Waals surface area contributed by atoms with Gasteiger partial charge in [-0.15, -0.1) is 0 Å². The van der Waals surface area contributed by atoms with Gasteiger partial charge in [-0.25, -0.2) is 0 Å². The number of aromatic nitrogens is 3. The Morgan fingerprint density at radius 2 is 1.41 bits per heavy atom. The summed E-state index contributed by atoms with van der Waals surface area (Å²) in [6.07, 6.45) is 3.81. The fourth-order valence-electron chi connectivity index (χ4n) is 5.72. The second-order valence-electron chi connectivity index (χ2n) is 10.1. The lowest BCUT2D eigenvalue weighted by molar-refractivity contribution is 0.423. The molecule has 0 aliphatic heterocycles. The molecule has 0 saturated heterocycles. The first-order valence-corrected chi connectivity index (χ1v) is 11.8. The molecular formula is C31H25N3. The first kappa shape index (κ1) is 19.4. The van der Waals surface area contributed by atoms with Gasteiger partial charge in [0.1, 0.15) is 0 Å². The third-order valence-electron chi connectivity index (χ3n) is 7.00. The molecule has 0 bridgehead atoms. The summed E-state index contributed by atoms with van der Waals surface area (Å²) < 4.78 is 4.89. The Labute approximate surface area is 197 Å². The fourth-order valence-corrected chi connectivity index (χ4v) is 5.72. The lowest BCUT2D eigenvalue weighted by Gasteiger charge is -2.24. The van der Waals surface area contributed by atoms with Crippen molar-refractivity contribution in [2.45, 2.75) is 26.3 Å². The fraction of sp³-hybridized carbons (Fsp3) is 0.129. The molecule has 0 aliphatic carbocycles. The molecule has 0 atom stereocenters. The van der Waals surface area contributed by atoms with Gasteiger partial charge < -0.3 is 9.13 Å². The molecule has 7 rings (SSSR count). The van der Waals surface area contributed by atoms with E-state index in [1.165, 1.54) is 54.4 Å². The molecule has 0 amide bonds. The van der Waals surface area contributed by atoms with Crippen LogP contribution in [0.5, 0.6) is 0 Å². The van der Waals surface area contributed by atoms with Crippen molar-refractivity contribution >= 4 is 54.4 Å². The van der Waals surface area contributed by atoms with E-state index in [1.54, 1.807) is 0 Å². The predicted molar refractivity (Wildman–Crippen MR) is 144 cm³/mol. The van der Waals surface area contributed by atoms with Gasteiger partial charge in [-0.1, -0.05) is 48.5 Å². The van der Waals surface area contributed by atoms with E-state index in [9.17, 15) is 0 Å². The maximum absolute atomic E-state index is 4.48. The van der Waals surface area contributed by atoms with Crippen LogP contribution in [0.25, 0.3) is 60.1 Å². The third-order valence-corrected chi connectivity index (χ3v) is 7.00. The highest BCUT2D eigenvalue weighted by molar-refractivity contribution is 6.26. The van der Waals surface area contributed by atoms with Gasteiger partial charge in [-0.3, -0.25) is 4.98 Å². The normalized spacial score (nSPS) is 12.6. The molecule has 7 aromatic rings. The van der Waals surface area contributed by atoms with Crippen molar-refractivity contribution < 1.29 is 0 Å². The molecule has 0 fully saturated rings. The van der Waals surface area contributed by atoms with Crippen molar-refractivity contribution in [1.29, 1.82) is 0 Å². The molecule has 0 aliphatic rings. The molecule has 34 heavy (non-hydrogen) atoms. The number of hydrogen-bond acceptors (Lipinski definition) is 1. The molecule has 164 valence electrons. The van der Waals surface area contributed by atoms with E-state index in [2.05, 4.69) is 114 Å². The van der Waals surface area contributed by atoms with Crippen molar-refractivity contribution in [2.24, 2.45) is 0 Å². The number of rotatable bonds is 1. The van der Waals surface area contributed by atoms with Gasteiger partial charge in [0.15, 0.2) is 0 Å². The number of para-hydroxylation sites is 1. The number of pyridine rings is 1. The van der Waals surface area contributed by atoms with Crippen LogP contribution in [0.3, 0.4) is 0 Å². The molecule has 0 unspecified atom stereocenters. The second kappa shape index (κ2) is 6.71. The van der Waals surface area contributed by atoms with Crippen molar-refractivity contribution in [1.82, 2.24) is 14.1 Å². The van der Waals surface area contributed by atoms with Crippen molar-refractivity contribution in [3.63, 3.8) is 0 Å². The van der Waals surface area contributed by atoms with Crippen LogP contribution < -0.4 is 0 Å². The Hall–Kier alpha value is -4.11. The van der Waals surface area contributed by atoms with Crippen LogP contribution in [0.15, 0.2) is 97.3 Å². The SMILES string of the molecule is CC(C)(C)n1c2ccccc2c2c3c(ccc21)c1cc2ccccc2cc1n3-c1cccnc1. The average molecular weight is 440 g/mol. The van der Waals surface area contributed by atoms with Gasteiger partial charge in [0, 0.05) is 38.8 Å². The van der Waals surface area contributed by atoms with Gasteiger partial charge in [0.05, 0.1) is 28.4 Å². The summed E-state index contributed by atoms with van der Waals surface area (Å²) in [6.45, 7) is 6.85. The number of fused-ring (bicyclic) bond motifs is 8. The maximum atomic E-state index is 4.48. The molecule has 0 N–H and O–H groups in total. The third kappa shape index (κ3) is 2.55. The smallest absolute Gasteiger partial charge is 0.0645 e. The minimum Gasteiger partial charge on any atom is -0.335 e. The molecule has 3 nitrogen and oxygen atoms in total. The molecule has 0 saturated carbocycles. The predicted octanol–water partition coefficient (Wildman–Crippen LogP) is 8.19. The lowest BCUT2D eigenvalue weighted by atomic mass is 10.0. The van der Waals surface area contributed by atoms with Crippen molar-refractivity contribution in [3.8, 4) is 5.69 Å². The second-order valence-corrected chi connectivity index (χ2v) is 10.1. The molecule has 3 heteroatoms. The summed E-state index contributed by atoms with van der Waals surface area (Å²) in [5.41, 5.74) is 6.02. The maximum Gasteiger partial charge on any atom is 0.0645 e. The van der Waals surface area contributed by atoms with Crippen LogP contribution in [0, 0.1) is 0 Å². The molecule has 0 spiro atoms. The van der Waals surface area contributed by atoms with Crippen molar-refractivity contribution in [3.05, 3.63) is 97.3 Å². The monoisotopic (exact) mass is 439 g/mol. The minimum absolute atomic E-state index is 0.0468. The van der Waals surface area contributed by atoms with Crippen LogP contribution >= 0.6 is 0 Å². The van der Waals surface area contributed by atoms with E-state index in [1.807, 2.05) is 18.5 Å². The van der Waals surface area contributed by atoms with Gasteiger partial charge in [0.2, 0.25) is 0 Å². The first-order chi connectivity index (χ1) is 16.5.